The van der Waals surface area contributed by atoms with E-state index in [1.807, 2.05) is 44.2 Å². The van der Waals surface area contributed by atoms with Gasteiger partial charge in [0.05, 0.1) is 18.2 Å². The van der Waals surface area contributed by atoms with Gasteiger partial charge in [0.25, 0.3) is 0 Å². The molecule has 2 rings (SSSR count). The van der Waals surface area contributed by atoms with Crippen LogP contribution < -0.4 is 5.32 Å². The smallest absolute Gasteiger partial charge is 0.407 e. The molecule has 0 saturated carbocycles. The van der Waals surface area contributed by atoms with Gasteiger partial charge in [0.15, 0.2) is 0 Å². The van der Waals surface area contributed by atoms with Crippen LogP contribution in [0.25, 0.3) is 0 Å². The first-order valence-corrected chi connectivity index (χ1v) is 8.25. The normalized spacial score (nSPS) is 24.7. The third kappa shape index (κ3) is 5.53. The zero-order chi connectivity index (χ0) is 17.5. The van der Waals surface area contributed by atoms with Gasteiger partial charge in [-0.25, -0.2) is 4.79 Å². The third-order valence-corrected chi connectivity index (χ3v) is 4.08. The molecular formula is C18H25NO5. The van der Waals surface area contributed by atoms with Crippen molar-refractivity contribution in [2.45, 2.75) is 64.6 Å². The molecule has 1 N–H and O–H groups in total. The van der Waals surface area contributed by atoms with Crippen molar-refractivity contribution in [3.05, 3.63) is 35.9 Å². The highest BCUT2D eigenvalue weighted by Gasteiger charge is 2.33. The van der Waals surface area contributed by atoms with Crippen LogP contribution in [0.2, 0.25) is 0 Å². The number of benzene rings is 1. The van der Waals surface area contributed by atoms with Gasteiger partial charge in [0.1, 0.15) is 12.7 Å². The lowest BCUT2D eigenvalue weighted by Crippen LogP contribution is -2.49. The minimum atomic E-state index is -0.468. The van der Waals surface area contributed by atoms with Gasteiger partial charge in [0, 0.05) is 6.92 Å². The predicted molar refractivity (Wildman–Crippen MR) is 88.3 cm³/mol. The second-order valence-electron chi connectivity index (χ2n) is 6.10. The van der Waals surface area contributed by atoms with Crippen molar-refractivity contribution in [2.24, 2.45) is 0 Å². The molecular weight excluding hydrogens is 310 g/mol. The molecule has 1 saturated heterocycles. The summed E-state index contributed by atoms with van der Waals surface area (Å²) in [6, 6.07) is 9.33. The molecule has 1 aliphatic heterocycles. The van der Waals surface area contributed by atoms with Crippen LogP contribution >= 0.6 is 0 Å². The van der Waals surface area contributed by atoms with Crippen molar-refractivity contribution in [3.8, 4) is 0 Å². The molecule has 1 aliphatic rings. The summed E-state index contributed by atoms with van der Waals surface area (Å²) in [5, 5.41) is 2.80. The highest BCUT2D eigenvalue weighted by atomic mass is 16.6. The van der Waals surface area contributed by atoms with Crippen LogP contribution in [0, 0.1) is 0 Å². The molecule has 1 aromatic rings. The van der Waals surface area contributed by atoms with E-state index in [9.17, 15) is 9.59 Å². The first-order valence-electron chi connectivity index (χ1n) is 8.25. The fourth-order valence-corrected chi connectivity index (χ4v) is 2.77. The molecule has 4 atom stereocenters. The second-order valence-corrected chi connectivity index (χ2v) is 6.10. The van der Waals surface area contributed by atoms with E-state index in [1.165, 1.54) is 6.92 Å². The van der Waals surface area contributed by atoms with Crippen LogP contribution in [0.1, 0.15) is 39.2 Å². The summed E-state index contributed by atoms with van der Waals surface area (Å²) in [4.78, 5) is 23.0. The SMILES string of the molecule is CC(=O)OC1CCC(C(C)NC(=O)OCc2ccccc2)OC1C. The Morgan fingerprint density at radius 1 is 1.29 bits per heavy atom. The number of carbonyl (C=O) groups is 2. The monoisotopic (exact) mass is 335 g/mol. The predicted octanol–water partition coefficient (Wildman–Crippen LogP) is 2.80. The van der Waals surface area contributed by atoms with Gasteiger partial charge in [-0.05, 0) is 32.3 Å². The number of nitrogens with one attached hydrogen (secondary N) is 1. The van der Waals surface area contributed by atoms with Crippen LogP contribution in [0.4, 0.5) is 4.79 Å². The number of amides is 1. The van der Waals surface area contributed by atoms with Crippen LogP contribution in [-0.4, -0.2) is 36.4 Å². The van der Waals surface area contributed by atoms with E-state index < -0.39 is 6.09 Å². The van der Waals surface area contributed by atoms with Gasteiger partial charge in [0.2, 0.25) is 0 Å². The summed E-state index contributed by atoms with van der Waals surface area (Å²) in [6.07, 6.45) is 0.410. The largest absolute Gasteiger partial charge is 0.460 e. The van der Waals surface area contributed by atoms with Crippen LogP contribution in [0.3, 0.4) is 0 Å². The Hall–Kier alpha value is -2.08. The number of carbonyl (C=O) groups excluding carboxylic acids is 2. The zero-order valence-electron chi connectivity index (χ0n) is 14.4. The fourth-order valence-electron chi connectivity index (χ4n) is 2.77. The van der Waals surface area contributed by atoms with Crippen molar-refractivity contribution >= 4 is 12.1 Å². The molecule has 1 fully saturated rings. The molecule has 0 aromatic heterocycles. The van der Waals surface area contributed by atoms with Crippen molar-refractivity contribution in [2.75, 3.05) is 0 Å². The molecule has 24 heavy (non-hydrogen) atoms. The van der Waals surface area contributed by atoms with Crippen molar-refractivity contribution in [3.63, 3.8) is 0 Å². The van der Waals surface area contributed by atoms with E-state index in [0.717, 1.165) is 12.0 Å². The van der Waals surface area contributed by atoms with Crippen molar-refractivity contribution < 1.29 is 23.8 Å². The zero-order valence-corrected chi connectivity index (χ0v) is 14.4. The van der Waals surface area contributed by atoms with E-state index in [4.69, 9.17) is 14.2 Å². The highest BCUT2D eigenvalue weighted by molar-refractivity contribution is 5.67. The first kappa shape index (κ1) is 18.3. The molecule has 0 radical (unpaired) electrons. The first-order chi connectivity index (χ1) is 11.5. The Balaban J connectivity index is 1.75. The summed E-state index contributed by atoms with van der Waals surface area (Å²) in [7, 11) is 0. The molecule has 0 aliphatic carbocycles. The van der Waals surface area contributed by atoms with E-state index >= 15 is 0 Å². The standard InChI is InChI=1S/C18H25NO5/c1-12(16-9-10-17(13(2)23-16)24-14(3)20)19-18(21)22-11-15-7-5-4-6-8-15/h4-8,12-13,16-17H,9-11H2,1-3H3,(H,19,21). The number of rotatable bonds is 5. The van der Waals surface area contributed by atoms with Gasteiger partial charge < -0.3 is 19.5 Å². The molecule has 6 heteroatoms. The lowest BCUT2D eigenvalue weighted by atomic mass is 9.98. The Morgan fingerprint density at radius 2 is 2.00 bits per heavy atom. The molecule has 0 spiro atoms. The Bertz CT molecular complexity index is 548. The van der Waals surface area contributed by atoms with Crippen LogP contribution in [0.5, 0.6) is 0 Å². The molecule has 4 unspecified atom stereocenters. The van der Waals surface area contributed by atoms with E-state index in [-0.39, 0.29) is 36.9 Å². The van der Waals surface area contributed by atoms with Gasteiger partial charge in [-0.1, -0.05) is 30.3 Å². The number of hydrogen-bond acceptors (Lipinski definition) is 5. The quantitative estimate of drug-likeness (QED) is 0.838. The summed E-state index contributed by atoms with van der Waals surface area (Å²) in [5.41, 5.74) is 0.937. The van der Waals surface area contributed by atoms with Crippen LogP contribution in [-0.2, 0) is 25.6 Å². The van der Waals surface area contributed by atoms with Crippen LogP contribution in [0.15, 0.2) is 30.3 Å². The van der Waals surface area contributed by atoms with Crippen molar-refractivity contribution in [1.82, 2.24) is 5.32 Å². The topological polar surface area (TPSA) is 73.9 Å². The fraction of sp³-hybridized carbons (Fsp3) is 0.556. The second kappa shape index (κ2) is 8.68. The number of alkyl carbamates (subject to hydrolysis) is 1. The van der Waals surface area contributed by atoms with E-state index in [2.05, 4.69) is 5.32 Å². The molecule has 132 valence electrons. The van der Waals surface area contributed by atoms with Crippen molar-refractivity contribution in [1.29, 1.82) is 0 Å². The lowest BCUT2D eigenvalue weighted by molar-refractivity contribution is -0.168. The van der Waals surface area contributed by atoms with Gasteiger partial charge in [-0.15, -0.1) is 0 Å². The van der Waals surface area contributed by atoms with Gasteiger partial charge in [-0.3, -0.25) is 4.79 Å². The van der Waals surface area contributed by atoms with E-state index in [0.29, 0.717) is 6.42 Å². The highest BCUT2D eigenvalue weighted by Crippen LogP contribution is 2.24. The number of esters is 1. The Labute approximate surface area is 142 Å². The number of hydrogen-bond donors (Lipinski definition) is 1. The minimum Gasteiger partial charge on any atom is -0.460 e. The third-order valence-electron chi connectivity index (χ3n) is 4.08. The molecule has 1 amide bonds. The minimum absolute atomic E-state index is 0.129. The molecule has 1 heterocycles. The summed E-state index contributed by atoms with van der Waals surface area (Å²) < 4.78 is 16.3. The van der Waals surface area contributed by atoms with E-state index in [1.54, 1.807) is 0 Å². The summed E-state index contributed by atoms with van der Waals surface area (Å²) >= 11 is 0. The average Bonchev–Trinajstić information content (AvgIpc) is 2.55. The summed E-state index contributed by atoms with van der Waals surface area (Å²) in [6.45, 7) is 5.38. The average molecular weight is 335 g/mol. The molecule has 0 bridgehead atoms. The molecule has 1 aromatic carbocycles. The maximum atomic E-state index is 11.9. The lowest BCUT2D eigenvalue weighted by Gasteiger charge is -2.36. The maximum absolute atomic E-state index is 11.9. The summed E-state index contributed by atoms with van der Waals surface area (Å²) in [5.74, 6) is -0.301. The molecule has 6 nitrogen and oxygen atoms in total. The number of ether oxygens (including phenoxy) is 3. The Morgan fingerprint density at radius 3 is 2.62 bits per heavy atom. The van der Waals surface area contributed by atoms with Gasteiger partial charge >= 0.3 is 12.1 Å². The maximum Gasteiger partial charge on any atom is 0.407 e. The Kier molecular flexibility index (Phi) is 6.61. The van der Waals surface area contributed by atoms with Gasteiger partial charge in [-0.2, -0.15) is 0 Å².